The lowest BCUT2D eigenvalue weighted by Gasteiger charge is -2.24. The third kappa shape index (κ3) is 7.51. The average molecular weight is 535 g/mol. The van der Waals surface area contributed by atoms with E-state index in [-0.39, 0.29) is 18.8 Å². The van der Waals surface area contributed by atoms with Gasteiger partial charge in [0.1, 0.15) is 0 Å². The zero-order valence-corrected chi connectivity index (χ0v) is 19.5. The molecule has 0 unspecified atom stereocenters. The van der Waals surface area contributed by atoms with Crippen LogP contribution in [0.25, 0.3) is 0 Å². The van der Waals surface area contributed by atoms with E-state index in [4.69, 9.17) is 0 Å². The van der Waals surface area contributed by atoms with Crippen LogP contribution in [0.15, 0.2) is 83.3 Å². The number of amides is 4. The number of carbonyl (C=O) groups is 2. The number of para-hydroxylation sites is 1. The Kier molecular flexibility index (Phi) is 8.53. The lowest BCUT2D eigenvalue weighted by atomic mass is 10.1. The first-order chi connectivity index (χ1) is 16.2. The summed E-state index contributed by atoms with van der Waals surface area (Å²) in [7, 11) is 0. The molecule has 0 bridgehead atoms. The number of halogens is 4. The van der Waals surface area contributed by atoms with Crippen LogP contribution in [0.3, 0.4) is 0 Å². The molecule has 178 valence electrons. The predicted molar refractivity (Wildman–Crippen MR) is 130 cm³/mol. The lowest BCUT2D eigenvalue weighted by molar-refractivity contribution is -0.137. The van der Waals surface area contributed by atoms with Crippen molar-refractivity contribution in [2.75, 3.05) is 28.6 Å². The van der Waals surface area contributed by atoms with Crippen molar-refractivity contribution in [1.82, 2.24) is 5.32 Å². The number of anilines is 3. The maximum Gasteiger partial charge on any atom is 0.416 e. The molecule has 10 heteroatoms. The molecule has 3 aromatic rings. The molecule has 0 aliphatic rings. The molecule has 3 N–H and O–H groups in total. The summed E-state index contributed by atoms with van der Waals surface area (Å²) in [5, 5.41) is 8.04. The number of rotatable bonds is 7. The quantitative estimate of drug-likeness (QED) is 0.294. The first-order valence-corrected chi connectivity index (χ1v) is 11.1. The van der Waals surface area contributed by atoms with E-state index >= 15 is 0 Å². The van der Waals surface area contributed by atoms with Gasteiger partial charge in [0.2, 0.25) is 0 Å². The maximum atomic E-state index is 13.2. The molecule has 0 heterocycles. The Labute approximate surface area is 203 Å². The van der Waals surface area contributed by atoms with Crippen LogP contribution in [-0.2, 0) is 6.18 Å². The van der Waals surface area contributed by atoms with Crippen LogP contribution in [0, 0.1) is 0 Å². The highest BCUT2D eigenvalue weighted by Crippen LogP contribution is 2.32. The first kappa shape index (κ1) is 25.1. The molecule has 0 atom stereocenters. The Bertz CT molecular complexity index is 1110. The van der Waals surface area contributed by atoms with Gasteiger partial charge in [-0.3, -0.25) is 4.90 Å². The summed E-state index contributed by atoms with van der Waals surface area (Å²) in [6.45, 7) is 0.287. The monoisotopic (exact) mass is 534 g/mol. The number of hydrogen-bond acceptors (Lipinski definition) is 2. The molecule has 6 nitrogen and oxygen atoms in total. The van der Waals surface area contributed by atoms with E-state index in [0.717, 1.165) is 16.6 Å². The molecule has 0 saturated carbocycles. The minimum Gasteiger partial charge on any atom is -0.338 e. The van der Waals surface area contributed by atoms with E-state index in [0.29, 0.717) is 17.8 Å². The highest BCUT2D eigenvalue weighted by Gasteiger charge is 2.31. The van der Waals surface area contributed by atoms with E-state index in [9.17, 15) is 22.8 Å². The molecule has 4 amide bonds. The highest BCUT2D eigenvalue weighted by atomic mass is 79.9. The SMILES string of the molecule is O=C(NCCCN(C(=O)Nc1ccccc1)c1cccc(C(F)(F)F)c1)Nc1ccc(Br)cc1. The van der Waals surface area contributed by atoms with Gasteiger partial charge in [0.15, 0.2) is 0 Å². The second-order valence-electron chi connectivity index (χ2n) is 7.24. The summed E-state index contributed by atoms with van der Waals surface area (Å²) >= 11 is 3.32. The molecule has 0 spiro atoms. The summed E-state index contributed by atoms with van der Waals surface area (Å²) < 4.78 is 40.5. The van der Waals surface area contributed by atoms with Crippen molar-refractivity contribution >= 4 is 45.1 Å². The van der Waals surface area contributed by atoms with Crippen molar-refractivity contribution in [2.24, 2.45) is 0 Å². The van der Waals surface area contributed by atoms with Gasteiger partial charge in [-0.1, -0.05) is 40.2 Å². The average Bonchev–Trinajstić information content (AvgIpc) is 2.80. The van der Waals surface area contributed by atoms with Crippen molar-refractivity contribution in [2.45, 2.75) is 12.6 Å². The van der Waals surface area contributed by atoms with Crippen LogP contribution in [0.1, 0.15) is 12.0 Å². The van der Waals surface area contributed by atoms with Gasteiger partial charge in [-0.15, -0.1) is 0 Å². The number of carbonyl (C=O) groups excluding carboxylic acids is 2. The Hall–Kier alpha value is -3.53. The summed E-state index contributed by atoms with van der Waals surface area (Å²) in [6, 6.07) is 19.2. The molecule has 34 heavy (non-hydrogen) atoms. The Morgan fingerprint density at radius 3 is 2.21 bits per heavy atom. The van der Waals surface area contributed by atoms with Crippen molar-refractivity contribution in [3.63, 3.8) is 0 Å². The number of nitrogens with one attached hydrogen (secondary N) is 3. The highest BCUT2D eigenvalue weighted by molar-refractivity contribution is 9.10. The van der Waals surface area contributed by atoms with Gasteiger partial charge in [-0.05, 0) is 61.0 Å². The number of nitrogens with zero attached hydrogens (tertiary/aromatic N) is 1. The number of urea groups is 2. The van der Waals surface area contributed by atoms with Crippen LogP contribution < -0.4 is 20.9 Å². The standard InChI is InChI=1S/C24H22BrF3N4O2/c25-18-10-12-20(13-11-18)30-22(33)29-14-5-15-32(23(34)31-19-7-2-1-3-8-19)21-9-4-6-17(16-21)24(26,27)28/h1-4,6-13,16H,5,14-15H2,(H,31,34)(H2,29,30,33). The summed E-state index contributed by atoms with van der Waals surface area (Å²) in [6.07, 6.45) is -4.23. The largest absolute Gasteiger partial charge is 0.416 e. The fourth-order valence-electron chi connectivity index (χ4n) is 3.06. The fourth-order valence-corrected chi connectivity index (χ4v) is 3.32. The van der Waals surface area contributed by atoms with Gasteiger partial charge in [0, 0.05) is 34.6 Å². The first-order valence-electron chi connectivity index (χ1n) is 10.3. The van der Waals surface area contributed by atoms with Crippen molar-refractivity contribution in [3.05, 3.63) is 88.9 Å². The Morgan fingerprint density at radius 1 is 0.853 bits per heavy atom. The third-order valence-corrected chi connectivity index (χ3v) is 5.23. The second kappa shape index (κ2) is 11.6. The van der Waals surface area contributed by atoms with Crippen molar-refractivity contribution in [3.8, 4) is 0 Å². The number of benzene rings is 3. The van der Waals surface area contributed by atoms with E-state index in [2.05, 4.69) is 31.9 Å². The molecule has 0 aliphatic carbocycles. The second-order valence-corrected chi connectivity index (χ2v) is 8.15. The smallest absolute Gasteiger partial charge is 0.338 e. The summed E-state index contributed by atoms with van der Waals surface area (Å²) in [5.74, 6) is 0. The maximum absolute atomic E-state index is 13.2. The van der Waals surface area contributed by atoms with Gasteiger partial charge in [-0.2, -0.15) is 13.2 Å². The Morgan fingerprint density at radius 2 is 1.53 bits per heavy atom. The summed E-state index contributed by atoms with van der Waals surface area (Å²) in [5.41, 5.74) is 0.363. The molecule has 0 aliphatic heterocycles. The third-order valence-electron chi connectivity index (χ3n) is 4.70. The van der Waals surface area contributed by atoms with Crippen LogP contribution in [-0.4, -0.2) is 25.2 Å². The van der Waals surface area contributed by atoms with Crippen molar-refractivity contribution < 1.29 is 22.8 Å². The minimum atomic E-state index is -4.54. The van der Waals surface area contributed by atoms with Gasteiger partial charge >= 0.3 is 18.2 Å². The molecule has 0 saturated heterocycles. The van der Waals surface area contributed by atoms with Gasteiger partial charge in [0.25, 0.3) is 0 Å². The molecule has 3 aromatic carbocycles. The molecule has 0 fully saturated rings. The van der Waals surface area contributed by atoms with E-state index in [1.54, 1.807) is 54.6 Å². The molecule has 0 aromatic heterocycles. The molecule has 0 radical (unpaired) electrons. The van der Waals surface area contributed by atoms with E-state index in [1.807, 2.05) is 0 Å². The lowest BCUT2D eigenvalue weighted by Crippen LogP contribution is -2.38. The number of alkyl halides is 3. The van der Waals surface area contributed by atoms with Crippen LogP contribution in [0.2, 0.25) is 0 Å². The van der Waals surface area contributed by atoms with Gasteiger partial charge < -0.3 is 16.0 Å². The topological polar surface area (TPSA) is 73.5 Å². The van der Waals surface area contributed by atoms with Crippen LogP contribution in [0.4, 0.5) is 39.8 Å². The minimum absolute atomic E-state index is 0.0819. The zero-order chi connectivity index (χ0) is 24.6. The normalized spacial score (nSPS) is 10.9. The molecular weight excluding hydrogens is 513 g/mol. The molecular formula is C24H22BrF3N4O2. The van der Waals surface area contributed by atoms with E-state index in [1.165, 1.54) is 17.0 Å². The predicted octanol–water partition coefficient (Wildman–Crippen LogP) is 6.72. The number of hydrogen-bond donors (Lipinski definition) is 3. The van der Waals surface area contributed by atoms with Crippen LogP contribution >= 0.6 is 15.9 Å². The summed E-state index contributed by atoms with van der Waals surface area (Å²) in [4.78, 5) is 26.2. The Balaban J connectivity index is 1.64. The molecule has 3 rings (SSSR count). The van der Waals surface area contributed by atoms with Crippen molar-refractivity contribution in [1.29, 1.82) is 0 Å². The van der Waals surface area contributed by atoms with Gasteiger partial charge in [0.05, 0.1) is 5.56 Å². The van der Waals surface area contributed by atoms with E-state index < -0.39 is 23.8 Å². The fraction of sp³-hybridized carbons (Fsp3) is 0.167. The zero-order valence-electron chi connectivity index (χ0n) is 17.9. The van der Waals surface area contributed by atoms with Gasteiger partial charge in [-0.25, -0.2) is 9.59 Å². The van der Waals surface area contributed by atoms with Crippen LogP contribution in [0.5, 0.6) is 0 Å².